The molecule has 0 unspecified atom stereocenters. The van der Waals surface area contributed by atoms with E-state index in [4.69, 9.17) is 0 Å². The van der Waals surface area contributed by atoms with Gasteiger partial charge in [-0.25, -0.2) is 4.98 Å². The van der Waals surface area contributed by atoms with Crippen LogP contribution in [0.5, 0.6) is 0 Å². The van der Waals surface area contributed by atoms with E-state index in [-0.39, 0.29) is 24.1 Å². The zero-order chi connectivity index (χ0) is 18.5. The molecule has 3 rings (SSSR count). The fourth-order valence-electron chi connectivity index (χ4n) is 2.61. The minimum Gasteiger partial charge on any atom is -0.329 e. The third-order valence-electron chi connectivity index (χ3n) is 3.97. The minimum absolute atomic E-state index is 0.0485. The van der Waals surface area contributed by atoms with Crippen LogP contribution in [0.3, 0.4) is 0 Å². The lowest BCUT2D eigenvalue weighted by Crippen LogP contribution is -2.36. The zero-order valence-electron chi connectivity index (χ0n) is 14.7. The van der Waals surface area contributed by atoms with Crippen molar-refractivity contribution >= 4 is 22.9 Å². The second kappa shape index (κ2) is 7.74. The summed E-state index contributed by atoms with van der Waals surface area (Å²) in [6.07, 6.45) is 4.84. The predicted molar refractivity (Wildman–Crippen MR) is 101 cm³/mol. The highest BCUT2D eigenvalue weighted by molar-refractivity contribution is 5.91. The van der Waals surface area contributed by atoms with E-state index in [0.717, 1.165) is 0 Å². The van der Waals surface area contributed by atoms with Crippen molar-refractivity contribution in [1.29, 1.82) is 0 Å². The Balaban J connectivity index is 1.84. The van der Waals surface area contributed by atoms with Gasteiger partial charge in [-0.2, -0.15) is 0 Å². The van der Waals surface area contributed by atoms with Crippen LogP contribution in [0.25, 0.3) is 17.0 Å². The van der Waals surface area contributed by atoms with Gasteiger partial charge in [-0.1, -0.05) is 18.2 Å². The highest BCUT2D eigenvalue weighted by Crippen LogP contribution is 2.10. The van der Waals surface area contributed by atoms with E-state index in [1.165, 1.54) is 6.08 Å². The fraction of sp³-hybridized carbons (Fsp3) is 0.200. The quantitative estimate of drug-likeness (QED) is 0.719. The number of H-pyrrole nitrogens is 1. The van der Waals surface area contributed by atoms with Crippen LogP contribution in [0.15, 0.2) is 59.5 Å². The SMILES string of the molecule is CC(C)N(Cc1nc2ccccc2c(=O)[nH]1)C(=O)/C=C/c1ccccn1. The Bertz CT molecular complexity index is 993. The summed E-state index contributed by atoms with van der Waals surface area (Å²) in [7, 11) is 0. The van der Waals surface area contributed by atoms with Crippen molar-refractivity contribution < 1.29 is 4.79 Å². The van der Waals surface area contributed by atoms with E-state index in [0.29, 0.717) is 22.4 Å². The average molecular weight is 348 g/mol. The Morgan fingerprint density at radius 1 is 1.19 bits per heavy atom. The number of hydrogen-bond donors (Lipinski definition) is 1. The molecule has 132 valence electrons. The van der Waals surface area contributed by atoms with E-state index < -0.39 is 0 Å². The third-order valence-corrected chi connectivity index (χ3v) is 3.97. The molecule has 0 aliphatic heterocycles. The van der Waals surface area contributed by atoms with Crippen LogP contribution in [-0.4, -0.2) is 31.8 Å². The molecule has 3 aromatic rings. The van der Waals surface area contributed by atoms with Crippen molar-refractivity contribution in [2.24, 2.45) is 0 Å². The van der Waals surface area contributed by atoms with Crippen molar-refractivity contribution in [3.8, 4) is 0 Å². The molecule has 0 saturated heterocycles. The van der Waals surface area contributed by atoms with E-state index in [2.05, 4.69) is 15.0 Å². The van der Waals surface area contributed by atoms with Crippen LogP contribution in [0.1, 0.15) is 25.4 Å². The Morgan fingerprint density at radius 2 is 1.96 bits per heavy atom. The number of aromatic amines is 1. The molecule has 0 bridgehead atoms. The Kier molecular flexibility index (Phi) is 5.22. The third kappa shape index (κ3) is 4.03. The second-order valence-corrected chi connectivity index (χ2v) is 6.18. The van der Waals surface area contributed by atoms with Gasteiger partial charge >= 0.3 is 0 Å². The molecular formula is C20H20N4O2. The molecule has 0 saturated carbocycles. The van der Waals surface area contributed by atoms with Gasteiger partial charge in [0.05, 0.1) is 23.1 Å². The minimum atomic E-state index is -0.203. The number of pyridine rings is 1. The maximum Gasteiger partial charge on any atom is 0.258 e. The number of carbonyl (C=O) groups is 1. The maximum absolute atomic E-state index is 12.6. The van der Waals surface area contributed by atoms with E-state index >= 15 is 0 Å². The van der Waals surface area contributed by atoms with Crippen LogP contribution in [0.4, 0.5) is 0 Å². The summed E-state index contributed by atoms with van der Waals surface area (Å²) in [5.74, 6) is 0.295. The monoisotopic (exact) mass is 348 g/mol. The number of amides is 1. The first-order chi connectivity index (χ1) is 12.5. The molecule has 1 N–H and O–H groups in total. The molecule has 1 amide bonds. The standard InChI is InChI=1S/C20H20N4O2/c1-14(2)24(19(25)11-10-15-7-5-6-12-21-15)13-18-22-17-9-4-3-8-16(17)20(26)23-18/h3-12,14H,13H2,1-2H3,(H,22,23,26)/b11-10+. The number of para-hydroxylation sites is 1. The average Bonchev–Trinajstić information content (AvgIpc) is 2.65. The number of nitrogens with zero attached hydrogens (tertiary/aromatic N) is 3. The van der Waals surface area contributed by atoms with E-state index in [9.17, 15) is 9.59 Å². The molecule has 0 atom stereocenters. The summed E-state index contributed by atoms with van der Waals surface area (Å²) in [5.41, 5.74) is 1.12. The number of carbonyl (C=O) groups excluding carboxylic acids is 1. The summed E-state index contributed by atoms with van der Waals surface area (Å²) in [5, 5.41) is 0.536. The van der Waals surface area contributed by atoms with Crippen molar-refractivity contribution in [3.63, 3.8) is 0 Å². The lowest BCUT2D eigenvalue weighted by molar-refractivity contribution is -0.128. The molecule has 0 aliphatic carbocycles. The van der Waals surface area contributed by atoms with Crippen molar-refractivity contribution in [3.05, 3.63) is 76.6 Å². The van der Waals surface area contributed by atoms with Gasteiger partial charge < -0.3 is 9.88 Å². The summed E-state index contributed by atoms with van der Waals surface area (Å²) in [6.45, 7) is 4.07. The summed E-state index contributed by atoms with van der Waals surface area (Å²) < 4.78 is 0. The normalized spacial score (nSPS) is 11.3. The largest absolute Gasteiger partial charge is 0.329 e. The van der Waals surface area contributed by atoms with Crippen LogP contribution in [0.2, 0.25) is 0 Å². The molecule has 1 aromatic carbocycles. The van der Waals surface area contributed by atoms with Gasteiger partial charge in [-0.3, -0.25) is 14.6 Å². The second-order valence-electron chi connectivity index (χ2n) is 6.18. The highest BCUT2D eigenvalue weighted by atomic mass is 16.2. The van der Waals surface area contributed by atoms with Gasteiger partial charge in [-0.05, 0) is 44.2 Å². The Hall–Kier alpha value is -3.28. The Morgan fingerprint density at radius 3 is 2.69 bits per heavy atom. The topological polar surface area (TPSA) is 79.0 Å². The zero-order valence-corrected chi connectivity index (χ0v) is 14.7. The molecule has 26 heavy (non-hydrogen) atoms. The number of rotatable bonds is 5. The summed E-state index contributed by atoms with van der Waals surface area (Å²) >= 11 is 0. The molecule has 6 heteroatoms. The molecule has 0 radical (unpaired) electrons. The van der Waals surface area contributed by atoms with Gasteiger partial charge in [0.25, 0.3) is 5.56 Å². The van der Waals surface area contributed by atoms with Crippen LogP contribution in [-0.2, 0) is 11.3 Å². The lowest BCUT2D eigenvalue weighted by atomic mass is 10.2. The van der Waals surface area contributed by atoms with E-state index in [1.54, 1.807) is 35.4 Å². The number of aromatic nitrogens is 3. The van der Waals surface area contributed by atoms with Gasteiger partial charge in [-0.15, -0.1) is 0 Å². The fourth-order valence-corrected chi connectivity index (χ4v) is 2.61. The number of fused-ring (bicyclic) bond motifs is 1. The van der Waals surface area contributed by atoms with Gasteiger partial charge in [0.2, 0.25) is 5.91 Å². The highest BCUT2D eigenvalue weighted by Gasteiger charge is 2.17. The first kappa shape index (κ1) is 17.5. The van der Waals surface area contributed by atoms with Crippen LogP contribution < -0.4 is 5.56 Å². The smallest absolute Gasteiger partial charge is 0.258 e. The first-order valence-corrected chi connectivity index (χ1v) is 8.42. The summed E-state index contributed by atoms with van der Waals surface area (Å²) in [4.78, 5) is 37.9. The molecule has 0 aliphatic rings. The van der Waals surface area contributed by atoms with Gasteiger partial charge in [0.1, 0.15) is 5.82 Å². The lowest BCUT2D eigenvalue weighted by Gasteiger charge is -2.25. The first-order valence-electron chi connectivity index (χ1n) is 8.42. The van der Waals surface area contributed by atoms with Gasteiger partial charge in [0, 0.05) is 18.3 Å². The maximum atomic E-state index is 12.6. The molecule has 0 spiro atoms. The molecule has 6 nitrogen and oxygen atoms in total. The van der Waals surface area contributed by atoms with Crippen molar-refractivity contribution in [2.45, 2.75) is 26.4 Å². The number of hydrogen-bond acceptors (Lipinski definition) is 4. The number of nitrogens with one attached hydrogen (secondary N) is 1. The molecule has 2 heterocycles. The number of benzene rings is 1. The van der Waals surface area contributed by atoms with Gasteiger partial charge in [0.15, 0.2) is 0 Å². The van der Waals surface area contributed by atoms with Crippen molar-refractivity contribution in [1.82, 2.24) is 19.9 Å². The van der Waals surface area contributed by atoms with Crippen LogP contribution >= 0.6 is 0 Å². The molecular weight excluding hydrogens is 328 g/mol. The van der Waals surface area contributed by atoms with E-state index in [1.807, 2.05) is 38.1 Å². The Labute approximate surface area is 151 Å². The summed E-state index contributed by atoms with van der Waals surface area (Å²) in [6, 6.07) is 12.6. The van der Waals surface area contributed by atoms with Crippen LogP contribution in [0, 0.1) is 0 Å². The molecule has 0 fully saturated rings. The molecule has 2 aromatic heterocycles. The van der Waals surface area contributed by atoms with Crippen molar-refractivity contribution in [2.75, 3.05) is 0 Å². The predicted octanol–water partition coefficient (Wildman–Crippen LogP) is 2.77.